The van der Waals surface area contributed by atoms with Gasteiger partial charge in [-0.15, -0.1) is 0 Å². The van der Waals surface area contributed by atoms with Gasteiger partial charge < -0.3 is 15.0 Å². The van der Waals surface area contributed by atoms with E-state index in [1.165, 1.54) is 6.07 Å². The van der Waals surface area contributed by atoms with Crippen LogP contribution in [0.5, 0.6) is 0 Å². The lowest BCUT2D eigenvalue weighted by atomic mass is 10.0. The average Bonchev–Trinajstić information content (AvgIpc) is 2.46. The van der Waals surface area contributed by atoms with E-state index in [1.54, 1.807) is 12.1 Å². The normalized spacial score (nSPS) is 20.9. The summed E-state index contributed by atoms with van der Waals surface area (Å²) in [5, 5.41) is 12.1. The highest BCUT2D eigenvalue weighted by atomic mass is 19.1. The van der Waals surface area contributed by atoms with Crippen LogP contribution in [0.3, 0.4) is 0 Å². The SMILES string of the molecule is CNC(C)c1cc(F)ccc1N1CCOC(C#N)C1. The fourth-order valence-corrected chi connectivity index (χ4v) is 2.26. The number of rotatable bonds is 3. The van der Waals surface area contributed by atoms with Gasteiger partial charge in [-0.2, -0.15) is 5.26 Å². The molecule has 1 aromatic carbocycles. The van der Waals surface area contributed by atoms with Gasteiger partial charge in [0.05, 0.1) is 19.2 Å². The summed E-state index contributed by atoms with van der Waals surface area (Å²) in [6.45, 7) is 3.74. The van der Waals surface area contributed by atoms with Crippen molar-refractivity contribution in [1.82, 2.24) is 5.32 Å². The Morgan fingerprint density at radius 2 is 2.37 bits per heavy atom. The second kappa shape index (κ2) is 6.00. The van der Waals surface area contributed by atoms with E-state index in [2.05, 4.69) is 16.3 Å². The first-order valence-corrected chi connectivity index (χ1v) is 6.38. The molecule has 1 fully saturated rings. The van der Waals surface area contributed by atoms with Crippen molar-refractivity contribution < 1.29 is 9.13 Å². The van der Waals surface area contributed by atoms with Gasteiger partial charge in [0.2, 0.25) is 0 Å². The summed E-state index contributed by atoms with van der Waals surface area (Å²) < 4.78 is 18.8. The van der Waals surface area contributed by atoms with Gasteiger partial charge in [0.25, 0.3) is 0 Å². The molecule has 1 heterocycles. The van der Waals surface area contributed by atoms with Crippen LogP contribution in [0.25, 0.3) is 0 Å². The molecule has 19 heavy (non-hydrogen) atoms. The van der Waals surface area contributed by atoms with E-state index in [4.69, 9.17) is 10.00 Å². The van der Waals surface area contributed by atoms with E-state index >= 15 is 0 Å². The van der Waals surface area contributed by atoms with Gasteiger partial charge in [-0.3, -0.25) is 0 Å². The largest absolute Gasteiger partial charge is 0.365 e. The van der Waals surface area contributed by atoms with Gasteiger partial charge in [-0.05, 0) is 37.7 Å². The first-order valence-electron chi connectivity index (χ1n) is 6.38. The maximum absolute atomic E-state index is 13.4. The topological polar surface area (TPSA) is 48.3 Å². The molecule has 4 nitrogen and oxygen atoms in total. The van der Waals surface area contributed by atoms with Crippen molar-refractivity contribution in [1.29, 1.82) is 5.26 Å². The predicted octanol–water partition coefficient (Wildman–Crippen LogP) is 1.83. The quantitative estimate of drug-likeness (QED) is 0.904. The molecule has 0 spiro atoms. The molecule has 0 radical (unpaired) electrons. The summed E-state index contributed by atoms with van der Waals surface area (Å²) in [7, 11) is 1.84. The van der Waals surface area contributed by atoms with E-state index in [1.807, 2.05) is 14.0 Å². The van der Waals surface area contributed by atoms with Gasteiger partial charge in [0.15, 0.2) is 6.10 Å². The van der Waals surface area contributed by atoms with Crippen molar-refractivity contribution in [2.45, 2.75) is 19.1 Å². The van der Waals surface area contributed by atoms with Crippen molar-refractivity contribution in [3.8, 4) is 6.07 Å². The highest BCUT2D eigenvalue weighted by Gasteiger charge is 2.23. The molecule has 0 aliphatic carbocycles. The Hall–Kier alpha value is -1.64. The van der Waals surface area contributed by atoms with E-state index in [0.717, 1.165) is 11.3 Å². The number of ether oxygens (including phenoxy) is 1. The number of nitriles is 1. The van der Waals surface area contributed by atoms with E-state index in [9.17, 15) is 4.39 Å². The summed E-state index contributed by atoms with van der Waals surface area (Å²) in [5.41, 5.74) is 1.87. The summed E-state index contributed by atoms with van der Waals surface area (Å²) in [4.78, 5) is 2.08. The number of nitrogens with one attached hydrogen (secondary N) is 1. The molecule has 102 valence electrons. The molecule has 1 aliphatic rings. The van der Waals surface area contributed by atoms with Crippen molar-refractivity contribution in [2.24, 2.45) is 0 Å². The zero-order chi connectivity index (χ0) is 13.8. The Balaban J connectivity index is 2.31. The third-order valence-electron chi connectivity index (χ3n) is 3.44. The number of benzene rings is 1. The summed E-state index contributed by atoms with van der Waals surface area (Å²) in [6, 6.07) is 6.96. The zero-order valence-electron chi connectivity index (χ0n) is 11.2. The standard InChI is InChI=1S/C14H18FN3O/c1-10(17-2)13-7-11(15)3-4-14(13)18-5-6-19-12(8-16)9-18/h3-4,7,10,12,17H,5-6,9H2,1-2H3. The Labute approximate surface area is 112 Å². The number of nitrogens with zero attached hydrogens (tertiary/aromatic N) is 2. The zero-order valence-corrected chi connectivity index (χ0v) is 11.2. The van der Waals surface area contributed by atoms with Crippen molar-refractivity contribution in [2.75, 3.05) is 31.6 Å². The van der Waals surface area contributed by atoms with Gasteiger partial charge in [0, 0.05) is 18.3 Å². The van der Waals surface area contributed by atoms with Crippen LogP contribution in [0.1, 0.15) is 18.5 Å². The molecule has 1 N–H and O–H groups in total. The molecular formula is C14H18FN3O. The minimum Gasteiger partial charge on any atom is -0.365 e. The van der Waals surface area contributed by atoms with Crippen LogP contribution >= 0.6 is 0 Å². The molecule has 0 bridgehead atoms. The number of hydrogen-bond acceptors (Lipinski definition) is 4. The third kappa shape index (κ3) is 3.03. The molecule has 1 aromatic rings. The van der Waals surface area contributed by atoms with Crippen molar-refractivity contribution >= 4 is 5.69 Å². The van der Waals surface area contributed by atoms with Crippen LogP contribution in [0, 0.1) is 17.1 Å². The molecule has 2 unspecified atom stereocenters. The summed E-state index contributed by atoms with van der Waals surface area (Å²) in [6.07, 6.45) is -0.420. The smallest absolute Gasteiger partial charge is 0.161 e. The maximum atomic E-state index is 13.4. The number of morpholine rings is 1. The Morgan fingerprint density at radius 3 is 3.05 bits per heavy atom. The lowest BCUT2D eigenvalue weighted by Crippen LogP contribution is -2.42. The highest BCUT2D eigenvalue weighted by Crippen LogP contribution is 2.28. The minimum absolute atomic E-state index is 0.0501. The fraction of sp³-hybridized carbons (Fsp3) is 0.500. The van der Waals surface area contributed by atoms with Gasteiger partial charge in [-0.25, -0.2) is 4.39 Å². The lowest BCUT2D eigenvalue weighted by Gasteiger charge is -2.34. The second-order valence-electron chi connectivity index (χ2n) is 4.65. The molecule has 1 aliphatic heterocycles. The van der Waals surface area contributed by atoms with Crippen LogP contribution in [0.15, 0.2) is 18.2 Å². The molecule has 1 saturated heterocycles. The number of halogens is 1. The molecule has 0 aromatic heterocycles. The first kappa shape index (κ1) is 13.8. The van der Waals surface area contributed by atoms with Crippen LogP contribution < -0.4 is 10.2 Å². The highest BCUT2D eigenvalue weighted by molar-refractivity contribution is 5.55. The summed E-state index contributed by atoms with van der Waals surface area (Å²) >= 11 is 0. The van der Waals surface area contributed by atoms with Gasteiger partial charge >= 0.3 is 0 Å². The fourth-order valence-electron chi connectivity index (χ4n) is 2.26. The van der Waals surface area contributed by atoms with E-state index in [-0.39, 0.29) is 11.9 Å². The minimum atomic E-state index is -0.420. The molecule has 5 heteroatoms. The van der Waals surface area contributed by atoms with E-state index in [0.29, 0.717) is 19.7 Å². The Morgan fingerprint density at radius 1 is 1.58 bits per heavy atom. The van der Waals surface area contributed by atoms with Crippen molar-refractivity contribution in [3.05, 3.63) is 29.6 Å². The number of hydrogen-bond donors (Lipinski definition) is 1. The van der Waals surface area contributed by atoms with Crippen LogP contribution in [-0.4, -0.2) is 32.8 Å². The predicted molar refractivity (Wildman–Crippen MR) is 71.4 cm³/mol. The average molecular weight is 263 g/mol. The third-order valence-corrected chi connectivity index (χ3v) is 3.44. The molecule has 2 atom stereocenters. The van der Waals surface area contributed by atoms with E-state index < -0.39 is 6.10 Å². The molecule has 0 saturated carbocycles. The summed E-state index contributed by atoms with van der Waals surface area (Å²) in [5.74, 6) is -0.244. The van der Waals surface area contributed by atoms with Gasteiger partial charge in [-0.1, -0.05) is 0 Å². The Bertz CT molecular complexity index is 486. The molecular weight excluding hydrogens is 245 g/mol. The maximum Gasteiger partial charge on any atom is 0.161 e. The van der Waals surface area contributed by atoms with Crippen LogP contribution in [-0.2, 0) is 4.74 Å². The Kier molecular flexibility index (Phi) is 4.35. The van der Waals surface area contributed by atoms with Crippen LogP contribution in [0.2, 0.25) is 0 Å². The molecule has 2 rings (SSSR count). The van der Waals surface area contributed by atoms with Gasteiger partial charge in [0.1, 0.15) is 5.82 Å². The van der Waals surface area contributed by atoms with Crippen molar-refractivity contribution in [3.63, 3.8) is 0 Å². The number of anilines is 1. The monoisotopic (exact) mass is 263 g/mol. The molecule has 0 amide bonds. The first-order chi connectivity index (χ1) is 9.15. The van der Waals surface area contributed by atoms with Crippen LogP contribution in [0.4, 0.5) is 10.1 Å². The second-order valence-corrected chi connectivity index (χ2v) is 4.65. The lowest BCUT2D eigenvalue weighted by molar-refractivity contribution is 0.0763.